The second-order valence-corrected chi connectivity index (χ2v) is 16.8. The van der Waals surface area contributed by atoms with E-state index in [2.05, 4.69) is 0 Å². The van der Waals surface area contributed by atoms with E-state index in [1.165, 1.54) is 0 Å². The van der Waals surface area contributed by atoms with Gasteiger partial charge in [0.05, 0.1) is 55.0 Å². The van der Waals surface area contributed by atoms with E-state index in [9.17, 15) is 115 Å². The van der Waals surface area contributed by atoms with Crippen molar-refractivity contribution in [2.75, 3.05) is 0 Å². The molecule has 7 rings (SSSR count). The number of benzene rings is 6. The van der Waals surface area contributed by atoms with Crippen molar-refractivity contribution in [1.82, 2.24) is 0 Å². The number of aromatic nitrogens is 1. The van der Waals surface area contributed by atoms with Crippen molar-refractivity contribution in [3.63, 3.8) is 0 Å². The molecule has 0 N–H and O–H groups in total. The Hall–Kier alpha value is -7.49. The summed E-state index contributed by atoms with van der Waals surface area (Å²) in [5.41, 5.74) is -28.3. The summed E-state index contributed by atoms with van der Waals surface area (Å²) in [6.45, 7) is 0.485. The maximum Gasteiger partial charge on any atom is 0.416 e. The summed E-state index contributed by atoms with van der Waals surface area (Å²) in [7, 11) is 0. The van der Waals surface area contributed by atoms with Gasteiger partial charge in [0, 0.05) is 23.6 Å². The lowest BCUT2D eigenvalue weighted by molar-refractivity contribution is -0.662. The first-order valence-corrected chi connectivity index (χ1v) is 21.0. The number of nitro groups is 1. The smallest absolute Gasteiger partial charge is 0.258 e. The third kappa shape index (κ3) is 13.0. The van der Waals surface area contributed by atoms with E-state index in [-0.39, 0.29) is 10.6 Å². The van der Waals surface area contributed by atoms with E-state index in [4.69, 9.17) is 0 Å². The van der Waals surface area contributed by atoms with Gasteiger partial charge in [-0.25, -0.2) is 0 Å². The molecule has 0 aliphatic carbocycles. The lowest BCUT2D eigenvalue weighted by Crippen LogP contribution is -2.75. The minimum atomic E-state index is -6.13. The Morgan fingerprint density at radius 3 is 0.909 bits per heavy atom. The van der Waals surface area contributed by atoms with Crippen LogP contribution in [0.5, 0.6) is 0 Å². The minimum absolute atomic E-state index is 0.160. The first kappa shape index (κ1) is 58.8. The van der Waals surface area contributed by atoms with Crippen LogP contribution in [0.4, 0.5) is 111 Å². The number of nitro benzene ring substituents is 1. The Balaban J connectivity index is 0.000000397. The fourth-order valence-corrected chi connectivity index (χ4v) is 8.44. The standard InChI is InChI=1S/C32H12BF24.C16H13N2O2/c34-25(35,36)13-1-14(26(37,38)39)6-21(5-13)33(22-7-15(27(40,41)42)2-16(8-22)28(43,44)45,23-9-17(29(46,47)48)3-18(10-23)30(49,50)51)24-11-19(31(52,53)54)4-20(12-24)32(55,56)57;19-18(20)16-10-4-2-7-14(16)12-17-11-5-8-13-6-1-3-9-15(13)17/h1-12H;1-11H,12H2/q-1;+1. The summed E-state index contributed by atoms with van der Waals surface area (Å²) in [6, 6.07) is 10.0. The van der Waals surface area contributed by atoms with Crippen molar-refractivity contribution in [1.29, 1.82) is 0 Å². The lowest BCUT2D eigenvalue weighted by atomic mass is 9.12. The van der Waals surface area contributed by atoms with E-state index >= 15 is 0 Å². The summed E-state index contributed by atoms with van der Waals surface area (Å²) >= 11 is 0. The van der Waals surface area contributed by atoms with Crippen LogP contribution < -0.4 is 26.4 Å². The number of pyridine rings is 1. The van der Waals surface area contributed by atoms with E-state index in [1.807, 2.05) is 53.2 Å². The van der Waals surface area contributed by atoms with Crippen molar-refractivity contribution >= 4 is 44.6 Å². The molecule has 0 bridgehead atoms. The third-order valence-corrected chi connectivity index (χ3v) is 11.8. The molecule has 7 aromatic rings. The van der Waals surface area contributed by atoms with E-state index in [1.54, 1.807) is 18.2 Å². The summed E-state index contributed by atoms with van der Waals surface area (Å²) in [6.07, 6.45) is -52.9. The zero-order chi connectivity index (χ0) is 57.9. The zero-order valence-corrected chi connectivity index (χ0v) is 37.3. The monoisotopic (exact) mass is 1130 g/mol. The normalized spacial score (nSPS) is 13.4. The fourth-order valence-electron chi connectivity index (χ4n) is 8.44. The number of hydrogen-bond donors (Lipinski definition) is 0. The van der Waals surface area contributed by atoms with E-state index < -0.39 is 195 Å². The predicted molar refractivity (Wildman–Crippen MR) is 226 cm³/mol. The second kappa shape index (κ2) is 20.1. The van der Waals surface area contributed by atoms with Crippen molar-refractivity contribution in [2.45, 2.75) is 56.0 Å². The van der Waals surface area contributed by atoms with Gasteiger partial charge in [-0.2, -0.15) is 132 Å². The number of fused-ring (bicyclic) bond motifs is 1. The molecule has 0 saturated heterocycles. The Morgan fingerprint density at radius 2 is 0.623 bits per heavy atom. The van der Waals surface area contributed by atoms with Crippen molar-refractivity contribution in [3.05, 3.63) is 200 Å². The van der Waals surface area contributed by atoms with Crippen molar-refractivity contribution in [2.24, 2.45) is 0 Å². The molecule has 410 valence electrons. The molecule has 4 nitrogen and oxygen atoms in total. The van der Waals surface area contributed by atoms with Crippen LogP contribution in [-0.2, 0) is 56.0 Å². The highest BCUT2D eigenvalue weighted by molar-refractivity contribution is 7.20. The Kier molecular flexibility index (Phi) is 15.4. The molecule has 0 unspecified atom stereocenters. The number of rotatable bonds is 7. The average Bonchev–Trinajstić information content (AvgIpc) is 3.30. The Bertz CT molecular complexity index is 2890. The van der Waals surface area contributed by atoms with Gasteiger partial charge in [-0.05, 0) is 42.5 Å². The highest BCUT2D eigenvalue weighted by atomic mass is 19.4. The average molecular weight is 1130 g/mol. The molecule has 77 heavy (non-hydrogen) atoms. The number of para-hydroxylation sites is 2. The molecule has 0 aliphatic rings. The van der Waals surface area contributed by atoms with Crippen LogP contribution in [0.2, 0.25) is 0 Å². The summed E-state index contributed by atoms with van der Waals surface area (Å²) < 4.78 is 343. The van der Waals surface area contributed by atoms with Gasteiger partial charge in [-0.1, -0.05) is 72.8 Å². The molecule has 0 amide bonds. The summed E-state index contributed by atoms with van der Waals surface area (Å²) in [4.78, 5) is 10.7. The van der Waals surface area contributed by atoms with Crippen molar-refractivity contribution in [3.8, 4) is 0 Å². The molecule has 0 radical (unpaired) electrons. The summed E-state index contributed by atoms with van der Waals surface area (Å²) in [5.74, 6) is 0. The van der Waals surface area contributed by atoms with Crippen LogP contribution in [-0.4, -0.2) is 11.1 Å². The van der Waals surface area contributed by atoms with Gasteiger partial charge in [0.25, 0.3) is 5.69 Å². The van der Waals surface area contributed by atoms with Crippen LogP contribution in [0.3, 0.4) is 0 Å². The fraction of sp³-hybridized carbons (Fsp3) is 0.188. The lowest BCUT2D eigenvalue weighted by Gasteiger charge is -2.46. The summed E-state index contributed by atoms with van der Waals surface area (Å²) in [5, 5.41) is 12.2. The van der Waals surface area contributed by atoms with Gasteiger partial charge in [0.2, 0.25) is 5.52 Å². The molecular weight excluding hydrogens is 1100 g/mol. The highest BCUT2D eigenvalue weighted by Gasteiger charge is 2.47. The molecule has 0 aliphatic heterocycles. The number of halogens is 24. The molecule has 1 heterocycles. The molecule has 0 fully saturated rings. The highest BCUT2D eigenvalue weighted by Crippen LogP contribution is 2.41. The molecule has 0 atom stereocenters. The molecule has 1 aromatic heterocycles. The first-order chi connectivity index (χ1) is 35.0. The maximum atomic E-state index is 14.2. The predicted octanol–water partition coefficient (Wildman–Crippen LogP) is 14.3. The Morgan fingerprint density at radius 1 is 0.364 bits per heavy atom. The van der Waals surface area contributed by atoms with Gasteiger partial charge in [-0.3, -0.25) is 10.1 Å². The quantitative estimate of drug-likeness (QED) is 0.0525. The number of alkyl halides is 24. The number of hydrogen-bond acceptors (Lipinski definition) is 2. The minimum Gasteiger partial charge on any atom is -0.258 e. The van der Waals surface area contributed by atoms with Gasteiger partial charge >= 0.3 is 49.4 Å². The Labute approximate surface area is 414 Å². The second-order valence-electron chi connectivity index (χ2n) is 16.8. The van der Waals surface area contributed by atoms with Crippen LogP contribution in [0, 0.1) is 10.1 Å². The van der Waals surface area contributed by atoms with Gasteiger partial charge in [0.15, 0.2) is 12.7 Å². The largest absolute Gasteiger partial charge is 0.416 e. The van der Waals surface area contributed by atoms with Crippen LogP contribution in [0.1, 0.15) is 50.1 Å². The van der Waals surface area contributed by atoms with Gasteiger partial charge in [0.1, 0.15) is 6.15 Å². The van der Waals surface area contributed by atoms with E-state index in [0.717, 1.165) is 10.9 Å². The topological polar surface area (TPSA) is 47.0 Å². The molecular formula is C48H25BF24N2O2. The van der Waals surface area contributed by atoms with E-state index in [0.29, 0.717) is 12.1 Å². The molecule has 6 aromatic carbocycles. The molecule has 0 saturated carbocycles. The molecule has 29 heteroatoms. The maximum absolute atomic E-state index is 14.2. The third-order valence-electron chi connectivity index (χ3n) is 11.8. The zero-order valence-electron chi connectivity index (χ0n) is 37.3. The van der Waals surface area contributed by atoms with Crippen LogP contribution in [0.15, 0.2) is 140 Å². The van der Waals surface area contributed by atoms with Crippen LogP contribution in [0.25, 0.3) is 10.9 Å². The van der Waals surface area contributed by atoms with Gasteiger partial charge in [-0.15, -0.1) is 0 Å². The van der Waals surface area contributed by atoms with Crippen LogP contribution >= 0.6 is 0 Å². The van der Waals surface area contributed by atoms with Gasteiger partial charge < -0.3 is 0 Å². The first-order valence-electron chi connectivity index (χ1n) is 21.0. The molecule has 0 spiro atoms. The SMILES string of the molecule is FC(F)(F)c1cc([B-](c2cc(C(F)(F)F)cc(C(F)(F)F)c2)(c2cc(C(F)(F)F)cc(C(F)(F)F)c2)c2cc(C(F)(F)F)cc(C(F)(F)F)c2)cc(C(F)(F)F)c1.O=[N+]([O-])c1ccccc1C[n+]1cccc2ccccc21. The number of nitrogens with zero attached hydrogens (tertiary/aromatic N) is 2. The van der Waals surface area contributed by atoms with Crippen molar-refractivity contribution < 1.29 is 115 Å².